The fourth-order valence-corrected chi connectivity index (χ4v) is 5.81. The van der Waals surface area contributed by atoms with Crippen LogP contribution < -0.4 is 5.73 Å². The van der Waals surface area contributed by atoms with Crippen LogP contribution >= 0.6 is 23.5 Å². The number of nitrogen functional groups attached to an aromatic ring is 1. The van der Waals surface area contributed by atoms with E-state index in [1.54, 1.807) is 0 Å². The van der Waals surface area contributed by atoms with Gasteiger partial charge in [-0.15, -0.1) is 0 Å². The quantitative estimate of drug-likeness (QED) is 0.190. The van der Waals surface area contributed by atoms with Crippen LogP contribution in [0.2, 0.25) is 5.82 Å². The minimum Gasteiger partial charge on any atom is -0.420 e. The molecule has 0 saturated carbocycles. The highest BCUT2D eigenvalue weighted by Gasteiger charge is 2.42. The Morgan fingerprint density at radius 3 is 2.52 bits per heavy atom. The van der Waals surface area contributed by atoms with Crippen LogP contribution in [0.5, 0.6) is 0 Å². The maximum Gasteiger partial charge on any atom is 0.490 e. The average molecular weight is 503 g/mol. The lowest BCUT2D eigenvalue weighted by Gasteiger charge is -2.33. The Balaban J connectivity index is 1.59. The minimum atomic E-state index is -5.62. The maximum atomic E-state index is 11.8. The second-order valence-corrected chi connectivity index (χ2v) is 10.7. The molecule has 5 atom stereocenters. The van der Waals surface area contributed by atoms with Crippen molar-refractivity contribution in [2.24, 2.45) is 0 Å². The Bertz CT molecular complexity index is 1090. The van der Waals surface area contributed by atoms with Crippen LogP contribution in [-0.4, -0.2) is 64.4 Å². The fourth-order valence-electron chi connectivity index (χ4n) is 2.74. The number of phosphoric ester groups is 1. The summed E-state index contributed by atoms with van der Waals surface area (Å²) in [7, 11) is -16.6. The van der Waals surface area contributed by atoms with Crippen LogP contribution in [0.3, 0.4) is 0 Å². The van der Waals surface area contributed by atoms with Gasteiger partial charge in [0.2, 0.25) is 0 Å². The number of nitrogens with two attached hydrogens (primary N) is 1. The third-order valence-electron chi connectivity index (χ3n) is 4.05. The number of imidazole rings is 1. The van der Waals surface area contributed by atoms with Gasteiger partial charge in [-0.3, -0.25) is 9.09 Å². The third-order valence-corrected chi connectivity index (χ3v) is 7.86. The lowest BCUT2D eigenvalue weighted by molar-refractivity contribution is 0.0128. The summed E-state index contributed by atoms with van der Waals surface area (Å²) in [6.45, 7) is -0.655. The van der Waals surface area contributed by atoms with Crippen molar-refractivity contribution in [3.05, 3.63) is 12.7 Å². The molecule has 0 aromatic carbocycles. The van der Waals surface area contributed by atoms with Crippen molar-refractivity contribution in [2.45, 2.75) is 24.6 Å². The van der Waals surface area contributed by atoms with Gasteiger partial charge in [-0.25, -0.2) is 28.6 Å². The summed E-state index contributed by atoms with van der Waals surface area (Å²) < 4.78 is 52.6. The van der Waals surface area contributed by atoms with Gasteiger partial charge in [0.15, 0.2) is 11.5 Å². The molecule has 0 radical (unpaired) electrons. The SMILES string of the molecule is Nc1ncnc2c1ncn2[C@H]1C[C@@H](O)[C@@H](COP(=O)(O)OP(=O)(O)OP(=O)(O)O)BO1. The maximum absolute atomic E-state index is 11.8. The molecular weight excluding hydrogens is 486 g/mol. The highest BCUT2D eigenvalue weighted by molar-refractivity contribution is 7.66. The number of hydrogen-bond acceptors (Lipinski definition) is 12. The van der Waals surface area contributed by atoms with Crippen molar-refractivity contribution in [1.82, 2.24) is 19.5 Å². The van der Waals surface area contributed by atoms with E-state index in [0.717, 1.165) is 0 Å². The lowest BCUT2D eigenvalue weighted by atomic mass is 9.73. The molecular formula is C10H17BN5O12P3. The van der Waals surface area contributed by atoms with E-state index in [-0.39, 0.29) is 19.7 Å². The summed E-state index contributed by atoms with van der Waals surface area (Å²) >= 11 is 0. The largest absolute Gasteiger partial charge is 0.490 e. The molecule has 3 rings (SSSR count). The number of aromatic nitrogens is 4. The van der Waals surface area contributed by atoms with Crippen molar-refractivity contribution in [3.8, 4) is 0 Å². The Kier molecular flexibility index (Phi) is 7.03. The normalized spacial score (nSPS) is 26.2. The first kappa shape index (κ1) is 24.4. The molecule has 1 aliphatic heterocycles. The van der Waals surface area contributed by atoms with E-state index in [2.05, 4.69) is 28.1 Å². The van der Waals surface area contributed by atoms with E-state index < -0.39 is 48.2 Å². The molecule has 7 N–H and O–H groups in total. The highest BCUT2D eigenvalue weighted by atomic mass is 31.3. The van der Waals surface area contributed by atoms with Gasteiger partial charge in [-0.05, 0) is 0 Å². The first-order chi connectivity index (χ1) is 14.3. The van der Waals surface area contributed by atoms with Crippen molar-refractivity contribution >= 4 is 47.9 Å². The number of nitrogens with zero attached hydrogens (tertiary/aromatic N) is 4. The van der Waals surface area contributed by atoms with Crippen molar-refractivity contribution in [1.29, 1.82) is 0 Å². The molecule has 1 saturated heterocycles. The Hall–Kier alpha value is -1.26. The topological polar surface area (TPSA) is 259 Å². The number of hydrogen-bond donors (Lipinski definition) is 6. The van der Waals surface area contributed by atoms with Crippen molar-refractivity contribution in [3.63, 3.8) is 0 Å². The summed E-state index contributed by atoms with van der Waals surface area (Å²) in [4.78, 5) is 47.6. The van der Waals surface area contributed by atoms with E-state index in [1.165, 1.54) is 17.2 Å². The molecule has 2 aromatic rings. The Labute approximate surface area is 173 Å². The van der Waals surface area contributed by atoms with Gasteiger partial charge in [0.05, 0.1) is 19.0 Å². The zero-order valence-electron chi connectivity index (χ0n) is 15.3. The molecule has 0 amide bonds. The zero-order chi connectivity index (χ0) is 23.0. The summed E-state index contributed by atoms with van der Waals surface area (Å²) in [5.41, 5.74) is 6.44. The summed E-state index contributed by atoms with van der Waals surface area (Å²) in [6, 6.07) is 0. The molecule has 2 aromatic heterocycles. The Morgan fingerprint density at radius 2 is 1.87 bits per heavy atom. The molecule has 3 heterocycles. The average Bonchev–Trinajstić information content (AvgIpc) is 3.03. The van der Waals surface area contributed by atoms with Crippen LogP contribution in [0.4, 0.5) is 5.82 Å². The molecule has 1 aliphatic rings. The molecule has 2 unspecified atom stereocenters. The standard InChI is InChI=1S/C10H17BN5O12P3/c12-9-8-10(14-3-13-9)16(4-15-8)7-1-6(17)5(11-26-7)2-25-30(21,22)28-31(23,24)27-29(18,19)20/h3-7,11,17H,1-2H2,(H,21,22)(H,23,24)(H2,12,13,14)(H2,18,19,20)/t5-,6-,7-/m1/s1. The smallest absolute Gasteiger partial charge is 0.420 e. The van der Waals surface area contributed by atoms with E-state index in [9.17, 15) is 23.7 Å². The van der Waals surface area contributed by atoms with Gasteiger partial charge in [0.25, 0.3) is 7.48 Å². The molecule has 0 aliphatic carbocycles. The predicted molar refractivity (Wildman–Crippen MR) is 101 cm³/mol. The molecule has 17 nitrogen and oxygen atoms in total. The second kappa shape index (κ2) is 8.94. The van der Waals surface area contributed by atoms with Crippen LogP contribution in [0.15, 0.2) is 12.7 Å². The number of rotatable bonds is 8. The second-order valence-electron chi connectivity index (χ2n) is 6.32. The summed E-state index contributed by atoms with van der Waals surface area (Å²) in [6.07, 6.45) is 0.833. The van der Waals surface area contributed by atoms with E-state index >= 15 is 0 Å². The monoisotopic (exact) mass is 503 g/mol. The van der Waals surface area contributed by atoms with Crippen LogP contribution in [0.25, 0.3) is 11.2 Å². The number of phosphoric acid groups is 3. The van der Waals surface area contributed by atoms with Gasteiger partial charge in [0, 0.05) is 12.2 Å². The predicted octanol–water partition coefficient (Wildman–Crippen LogP) is -0.828. The van der Waals surface area contributed by atoms with Crippen LogP contribution in [-0.2, 0) is 31.5 Å². The van der Waals surface area contributed by atoms with Crippen molar-refractivity contribution in [2.75, 3.05) is 12.3 Å². The molecule has 0 spiro atoms. The van der Waals surface area contributed by atoms with E-state index in [4.69, 9.17) is 25.1 Å². The van der Waals surface area contributed by atoms with Gasteiger partial charge in [0.1, 0.15) is 18.1 Å². The minimum absolute atomic E-state index is 0.000206. The molecule has 1 fully saturated rings. The number of fused-ring (bicyclic) bond motifs is 1. The third kappa shape index (κ3) is 6.39. The highest BCUT2D eigenvalue weighted by Crippen LogP contribution is 2.66. The molecule has 31 heavy (non-hydrogen) atoms. The molecule has 0 bridgehead atoms. The Morgan fingerprint density at radius 1 is 1.16 bits per heavy atom. The van der Waals surface area contributed by atoms with Gasteiger partial charge >= 0.3 is 23.5 Å². The zero-order valence-corrected chi connectivity index (χ0v) is 18.0. The van der Waals surface area contributed by atoms with Gasteiger partial charge in [-0.2, -0.15) is 8.62 Å². The number of aliphatic hydroxyl groups is 1. The molecule has 172 valence electrons. The number of aliphatic hydroxyl groups excluding tert-OH is 1. The van der Waals surface area contributed by atoms with Gasteiger partial charge < -0.3 is 35.1 Å². The summed E-state index contributed by atoms with van der Waals surface area (Å²) in [5, 5.41) is 10.4. The first-order valence-corrected chi connectivity index (χ1v) is 12.8. The van der Waals surface area contributed by atoms with E-state index in [1.807, 2.05) is 0 Å². The van der Waals surface area contributed by atoms with Gasteiger partial charge in [-0.1, -0.05) is 0 Å². The summed E-state index contributed by atoms with van der Waals surface area (Å²) in [5.74, 6) is -0.690. The molecule has 21 heteroatoms. The van der Waals surface area contributed by atoms with E-state index in [0.29, 0.717) is 11.2 Å². The van der Waals surface area contributed by atoms with Crippen LogP contribution in [0.1, 0.15) is 12.6 Å². The lowest BCUT2D eigenvalue weighted by Crippen LogP contribution is -2.36. The number of anilines is 1. The van der Waals surface area contributed by atoms with Crippen molar-refractivity contribution < 1.29 is 56.2 Å². The first-order valence-electron chi connectivity index (χ1n) is 8.27. The van der Waals surface area contributed by atoms with Crippen LogP contribution in [0, 0.1) is 0 Å². The fraction of sp³-hybridized carbons (Fsp3) is 0.500.